The average molecular weight is 388 g/mol. The molecule has 28 heavy (non-hydrogen) atoms. The predicted octanol–water partition coefficient (Wildman–Crippen LogP) is 2.62. The first kappa shape index (κ1) is 19.3. The Balaban J connectivity index is 1.78. The molecule has 1 aromatic carbocycles. The van der Waals surface area contributed by atoms with Gasteiger partial charge in [0.15, 0.2) is 0 Å². The fourth-order valence-electron chi connectivity index (χ4n) is 3.21. The van der Waals surface area contributed by atoms with E-state index in [1.165, 1.54) is 18.2 Å². The van der Waals surface area contributed by atoms with Crippen molar-refractivity contribution in [3.8, 4) is 0 Å². The van der Waals surface area contributed by atoms with Crippen molar-refractivity contribution in [1.82, 2.24) is 4.98 Å². The third-order valence-corrected chi connectivity index (χ3v) is 4.78. The molecule has 1 aliphatic heterocycles. The first-order chi connectivity index (χ1) is 13.4. The maximum atomic E-state index is 14.7. The molecule has 4 N–H and O–H groups in total. The van der Waals surface area contributed by atoms with E-state index in [9.17, 15) is 19.3 Å². The molecule has 0 radical (unpaired) electrons. The third-order valence-electron chi connectivity index (χ3n) is 4.78. The van der Waals surface area contributed by atoms with Gasteiger partial charge in [-0.1, -0.05) is 0 Å². The fraction of sp³-hybridized carbons (Fsp3) is 0.333. The van der Waals surface area contributed by atoms with Crippen molar-refractivity contribution >= 4 is 34.6 Å². The number of nitrogens with one attached hydrogen (secondary N) is 2. The van der Waals surface area contributed by atoms with Crippen molar-refractivity contribution in [1.29, 1.82) is 0 Å². The topological polar surface area (TPSA) is 126 Å². The number of aromatic nitrogens is 1. The van der Waals surface area contributed by atoms with E-state index in [0.717, 1.165) is 0 Å². The van der Waals surface area contributed by atoms with Crippen LogP contribution in [0, 0.1) is 21.8 Å². The Morgan fingerprint density at radius 2 is 2.04 bits per heavy atom. The van der Waals surface area contributed by atoms with Crippen molar-refractivity contribution in [2.75, 3.05) is 35.7 Å². The summed E-state index contributed by atoms with van der Waals surface area (Å²) in [6, 6.07) is 7.33. The lowest BCUT2D eigenvalue weighted by Crippen LogP contribution is -2.38. The lowest BCUT2D eigenvalue weighted by molar-refractivity contribution is -0.384. The maximum Gasteiger partial charge on any atom is 0.311 e. The van der Waals surface area contributed by atoms with Gasteiger partial charge in [0.2, 0.25) is 11.7 Å². The third kappa shape index (κ3) is 4.11. The molecule has 9 nitrogen and oxygen atoms in total. The average Bonchev–Trinajstić information content (AvgIpc) is 2.68. The molecule has 10 heteroatoms. The SMILES string of the molecule is CNc1ccc([N+](=O)[O-])c(Nc2ccc(N3CCC(C(N)=O)CC3)c(F)c2)n1. The van der Waals surface area contributed by atoms with Crippen LogP contribution in [0.5, 0.6) is 0 Å². The number of hydrogen-bond acceptors (Lipinski definition) is 7. The molecular weight excluding hydrogens is 367 g/mol. The van der Waals surface area contributed by atoms with Crippen LogP contribution in [0.1, 0.15) is 12.8 Å². The van der Waals surface area contributed by atoms with E-state index in [2.05, 4.69) is 15.6 Å². The molecule has 0 aliphatic carbocycles. The van der Waals surface area contributed by atoms with E-state index in [-0.39, 0.29) is 23.3 Å². The van der Waals surface area contributed by atoms with Gasteiger partial charge >= 0.3 is 5.69 Å². The number of amides is 1. The summed E-state index contributed by atoms with van der Waals surface area (Å²) in [6.45, 7) is 1.07. The summed E-state index contributed by atoms with van der Waals surface area (Å²) in [5.41, 5.74) is 5.88. The minimum Gasteiger partial charge on any atom is -0.373 e. The molecule has 1 fully saturated rings. The number of carbonyl (C=O) groups is 1. The number of benzene rings is 1. The molecule has 148 valence electrons. The quantitative estimate of drug-likeness (QED) is 0.513. The lowest BCUT2D eigenvalue weighted by atomic mass is 9.96. The molecular formula is C18H21FN6O3. The largest absolute Gasteiger partial charge is 0.373 e. The first-order valence-electron chi connectivity index (χ1n) is 8.83. The molecule has 0 saturated carbocycles. The molecule has 2 aromatic rings. The first-order valence-corrected chi connectivity index (χ1v) is 8.83. The number of hydrogen-bond donors (Lipinski definition) is 3. The van der Waals surface area contributed by atoms with Crippen LogP contribution in [0.2, 0.25) is 0 Å². The highest BCUT2D eigenvalue weighted by atomic mass is 19.1. The van der Waals surface area contributed by atoms with Crippen LogP contribution in [-0.4, -0.2) is 36.0 Å². The van der Waals surface area contributed by atoms with Crippen LogP contribution in [0.4, 0.5) is 33.1 Å². The van der Waals surface area contributed by atoms with Crippen LogP contribution < -0.4 is 21.3 Å². The predicted molar refractivity (Wildman–Crippen MR) is 104 cm³/mol. The zero-order valence-corrected chi connectivity index (χ0v) is 15.3. The number of carbonyl (C=O) groups excluding carboxylic acids is 1. The highest BCUT2D eigenvalue weighted by Crippen LogP contribution is 2.31. The molecule has 1 aliphatic rings. The molecule has 0 unspecified atom stereocenters. The standard InChI is InChI=1S/C18H21FN6O3/c1-21-16-5-4-15(25(27)28)18(23-16)22-12-2-3-14(13(19)10-12)24-8-6-11(7-9-24)17(20)26/h2-5,10-11H,6-9H2,1H3,(H2,20,26)(H2,21,22,23). The summed E-state index contributed by atoms with van der Waals surface area (Å²) in [7, 11) is 1.65. The second-order valence-corrected chi connectivity index (χ2v) is 6.53. The molecule has 0 bridgehead atoms. The maximum absolute atomic E-state index is 14.7. The summed E-state index contributed by atoms with van der Waals surface area (Å²) in [4.78, 5) is 27.9. The van der Waals surface area contributed by atoms with Gasteiger partial charge in [-0.3, -0.25) is 14.9 Å². The Kier molecular flexibility index (Phi) is 5.57. The van der Waals surface area contributed by atoms with Crippen LogP contribution >= 0.6 is 0 Å². The smallest absolute Gasteiger partial charge is 0.311 e. The molecule has 1 aromatic heterocycles. The normalized spacial score (nSPS) is 14.6. The molecule has 3 rings (SSSR count). The molecule has 1 amide bonds. The number of anilines is 4. The van der Waals surface area contributed by atoms with Gasteiger partial charge in [-0.25, -0.2) is 9.37 Å². The Labute approximate surface area is 160 Å². The van der Waals surface area contributed by atoms with E-state index in [0.29, 0.717) is 43.1 Å². The van der Waals surface area contributed by atoms with E-state index in [1.807, 2.05) is 4.90 Å². The van der Waals surface area contributed by atoms with Crippen molar-refractivity contribution < 1.29 is 14.1 Å². The van der Waals surface area contributed by atoms with Gasteiger partial charge in [0, 0.05) is 37.8 Å². The summed E-state index contributed by atoms with van der Waals surface area (Å²) >= 11 is 0. The van der Waals surface area contributed by atoms with Crippen molar-refractivity contribution in [3.05, 3.63) is 46.3 Å². The molecule has 0 spiro atoms. The van der Waals surface area contributed by atoms with Crippen LogP contribution in [0.15, 0.2) is 30.3 Å². The number of pyridine rings is 1. The van der Waals surface area contributed by atoms with Crippen molar-refractivity contribution in [2.24, 2.45) is 11.7 Å². The van der Waals surface area contributed by atoms with Gasteiger partial charge in [-0.05, 0) is 37.1 Å². The second-order valence-electron chi connectivity index (χ2n) is 6.53. The number of nitrogens with zero attached hydrogens (tertiary/aromatic N) is 3. The van der Waals surface area contributed by atoms with Gasteiger partial charge in [-0.2, -0.15) is 0 Å². The van der Waals surface area contributed by atoms with Gasteiger partial charge in [0.05, 0.1) is 10.6 Å². The minimum atomic E-state index is -0.553. The van der Waals surface area contributed by atoms with Crippen LogP contribution in [0.3, 0.4) is 0 Å². The van der Waals surface area contributed by atoms with E-state index in [4.69, 9.17) is 5.73 Å². The summed E-state index contributed by atoms with van der Waals surface area (Å²) < 4.78 is 14.7. The van der Waals surface area contributed by atoms with Crippen molar-refractivity contribution in [3.63, 3.8) is 0 Å². The van der Waals surface area contributed by atoms with Gasteiger partial charge in [0.25, 0.3) is 0 Å². The Morgan fingerprint density at radius 1 is 1.32 bits per heavy atom. The number of piperidine rings is 1. The van der Waals surface area contributed by atoms with Gasteiger partial charge < -0.3 is 21.3 Å². The lowest BCUT2D eigenvalue weighted by Gasteiger charge is -2.32. The van der Waals surface area contributed by atoms with E-state index in [1.54, 1.807) is 19.2 Å². The Morgan fingerprint density at radius 3 is 2.61 bits per heavy atom. The molecule has 2 heterocycles. The summed E-state index contributed by atoms with van der Waals surface area (Å²) in [6.07, 6.45) is 1.17. The summed E-state index contributed by atoms with van der Waals surface area (Å²) in [5, 5.41) is 16.8. The number of nitrogens with two attached hydrogens (primary N) is 1. The van der Waals surface area contributed by atoms with Gasteiger partial charge in [-0.15, -0.1) is 0 Å². The zero-order chi connectivity index (χ0) is 20.3. The summed E-state index contributed by atoms with van der Waals surface area (Å²) in [5.74, 6) is -0.493. The highest BCUT2D eigenvalue weighted by molar-refractivity contribution is 5.77. The fourth-order valence-corrected chi connectivity index (χ4v) is 3.21. The van der Waals surface area contributed by atoms with Crippen LogP contribution in [0.25, 0.3) is 0 Å². The minimum absolute atomic E-state index is 0.0197. The number of halogens is 1. The van der Waals surface area contributed by atoms with Crippen molar-refractivity contribution in [2.45, 2.75) is 12.8 Å². The number of nitro groups is 1. The van der Waals surface area contributed by atoms with Gasteiger partial charge in [0.1, 0.15) is 11.6 Å². The zero-order valence-electron chi connectivity index (χ0n) is 15.3. The highest BCUT2D eigenvalue weighted by Gasteiger charge is 2.25. The Bertz CT molecular complexity index is 899. The number of primary amides is 1. The molecule has 0 atom stereocenters. The second kappa shape index (κ2) is 8.07. The van der Waals surface area contributed by atoms with Crippen LogP contribution in [-0.2, 0) is 4.79 Å². The molecule has 1 saturated heterocycles. The monoisotopic (exact) mass is 388 g/mol. The Hall–Kier alpha value is -3.43. The number of rotatable bonds is 6. The van der Waals surface area contributed by atoms with E-state index < -0.39 is 10.7 Å². The van der Waals surface area contributed by atoms with E-state index >= 15 is 0 Å².